The lowest BCUT2D eigenvalue weighted by atomic mass is 9.75. The predicted octanol–water partition coefficient (Wildman–Crippen LogP) is 2.52. The zero-order valence-corrected chi connectivity index (χ0v) is 18.2. The standard InChI is InChI=1S/C23H32N2O5/c1-4-18-9-5-6-11-24(18)20(26)15-23(17-8-7-10-19(14-17)30-3)16-21(27)25(22(23)28)12-13-29-2/h7-8,10,14,18H,4-6,9,11-13,15-16H2,1-3H3/t18-,23-/m1/s1. The van der Waals surface area contributed by atoms with Gasteiger partial charge in [0, 0.05) is 32.5 Å². The van der Waals surface area contributed by atoms with E-state index in [0.29, 0.717) is 17.9 Å². The van der Waals surface area contributed by atoms with Gasteiger partial charge in [0.2, 0.25) is 17.7 Å². The molecule has 0 aromatic heterocycles. The maximum Gasteiger partial charge on any atom is 0.240 e. The van der Waals surface area contributed by atoms with Gasteiger partial charge in [0.15, 0.2) is 0 Å². The molecule has 1 aromatic carbocycles. The Morgan fingerprint density at radius 3 is 2.73 bits per heavy atom. The van der Waals surface area contributed by atoms with E-state index >= 15 is 0 Å². The molecule has 0 unspecified atom stereocenters. The summed E-state index contributed by atoms with van der Waals surface area (Å²) in [6.45, 7) is 3.25. The highest BCUT2D eigenvalue weighted by atomic mass is 16.5. The molecule has 2 aliphatic rings. The first-order chi connectivity index (χ1) is 14.5. The quantitative estimate of drug-likeness (QED) is 0.609. The monoisotopic (exact) mass is 416 g/mol. The van der Waals surface area contributed by atoms with Gasteiger partial charge in [-0.2, -0.15) is 0 Å². The Kier molecular flexibility index (Phi) is 7.13. The molecule has 0 aliphatic carbocycles. The van der Waals surface area contributed by atoms with Gasteiger partial charge in [-0.1, -0.05) is 19.1 Å². The molecular formula is C23H32N2O5. The van der Waals surface area contributed by atoms with Crippen LogP contribution in [0.4, 0.5) is 0 Å². The fraction of sp³-hybridized carbons (Fsp3) is 0.609. The van der Waals surface area contributed by atoms with E-state index in [1.54, 1.807) is 25.3 Å². The van der Waals surface area contributed by atoms with Gasteiger partial charge >= 0.3 is 0 Å². The lowest BCUT2D eigenvalue weighted by Gasteiger charge is -2.37. The summed E-state index contributed by atoms with van der Waals surface area (Å²) in [5, 5.41) is 0. The zero-order valence-electron chi connectivity index (χ0n) is 18.2. The van der Waals surface area contributed by atoms with Crippen LogP contribution in [0.2, 0.25) is 0 Å². The van der Waals surface area contributed by atoms with E-state index in [-0.39, 0.29) is 49.8 Å². The molecule has 0 N–H and O–H groups in total. The molecule has 0 bridgehead atoms. The Balaban J connectivity index is 1.97. The highest BCUT2D eigenvalue weighted by Crippen LogP contribution is 2.41. The average molecular weight is 417 g/mol. The highest BCUT2D eigenvalue weighted by molar-refractivity contribution is 6.10. The van der Waals surface area contributed by atoms with E-state index in [0.717, 1.165) is 25.7 Å². The van der Waals surface area contributed by atoms with Gasteiger partial charge in [0.05, 0.1) is 25.7 Å². The summed E-state index contributed by atoms with van der Waals surface area (Å²) in [6, 6.07) is 7.37. The van der Waals surface area contributed by atoms with Crippen LogP contribution in [0.25, 0.3) is 0 Å². The zero-order chi connectivity index (χ0) is 21.7. The molecule has 3 rings (SSSR count). The third-order valence-electron chi connectivity index (χ3n) is 6.42. The summed E-state index contributed by atoms with van der Waals surface area (Å²) < 4.78 is 10.4. The molecule has 3 amide bonds. The van der Waals surface area contributed by atoms with Crippen molar-refractivity contribution in [3.05, 3.63) is 29.8 Å². The van der Waals surface area contributed by atoms with Crippen LogP contribution < -0.4 is 4.74 Å². The van der Waals surface area contributed by atoms with E-state index in [9.17, 15) is 14.4 Å². The van der Waals surface area contributed by atoms with Crippen molar-refractivity contribution in [1.29, 1.82) is 0 Å². The maximum atomic E-state index is 13.6. The van der Waals surface area contributed by atoms with Gasteiger partial charge < -0.3 is 14.4 Å². The van der Waals surface area contributed by atoms with E-state index in [4.69, 9.17) is 9.47 Å². The number of hydrogen-bond acceptors (Lipinski definition) is 5. The molecule has 164 valence electrons. The molecule has 2 saturated heterocycles. The van der Waals surface area contributed by atoms with Crippen LogP contribution in [-0.2, 0) is 24.5 Å². The molecule has 0 spiro atoms. The van der Waals surface area contributed by atoms with Gasteiger partial charge in [0.25, 0.3) is 0 Å². The van der Waals surface area contributed by atoms with Gasteiger partial charge in [-0.05, 0) is 43.4 Å². The third-order valence-corrected chi connectivity index (χ3v) is 6.42. The van der Waals surface area contributed by atoms with Crippen molar-refractivity contribution in [2.75, 3.05) is 33.9 Å². The van der Waals surface area contributed by atoms with Crippen LogP contribution in [0.3, 0.4) is 0 Å². The van der Waals surface area contributed by atoms with Gasteiger partial charge in [-0.15, -0.1) is 0 Å². The molecular weight excluding hydrogens is 384 g/mol. The van der Waals surface area contributed by atoms with Crippen molar-refractivity contribution >= 4 is 17.7 Å². The normalized spacial score (nSPS) is 24.4. The first-order valence-corrected chi connectivity index (χ1v) is 10.7. The first-order valence-electron chi connectivity index (χ1n) is 10.7. The molecule has 0 radical (unpaired) electrons. The van der Waals surface area contributed by atoms with Crippen LogP contribution >= 0.6 is 0 Å². The van der Waals surface area contributed by atoms with Crippen molar-refractivity contribution < 1.29 is 23.9 Å². The molecule has 7 heteroatoms. The Morgan fingerprint density at radius 2 is 2.03 bits per heavy atom. The van der Waals surface area contributed by atoms with Crippen LogP contribution in [0.5, 0.6) is 5.75 Å². The summed E-state index contributed by atoms with van der Waals surface area (Å²) >= 11 is 0. The average Bonchev–Trinajstić information content (AvgIpc) is 3.01. The van der Waals surface area contributed by atoms with Gasteiger partial charge in [0.1, 0.15) is 5.75 Å². The predicted molar refractivity (Wildman–Crippen MR) is 112 cm³/mol. The molecule has 7 nitrogen and oxygen atoms in total. The van der Waals surface area contributed by atoms with Crippen molar-refractivity contribution in [2.24, 2.45) is 0 Å². The van der Waals surface area contributed by atoms with Crippen molar-refractivity contribution in [3.63, 3.8) is 0 Å². The lowest BCUT2D eigenvalue weighted by molar-refractivity contribution is -0.144. The molecule has 30 heavy (non-hydrogen) atoms. The number of imide groups is 1. The fourth-order valence-corrected chi connectivity index (χ4v) is 4.71. The van der Waals surface area contributed by atoms with Gasteiger partial charge in [-0.25, -0.2) is 0 Å². The molecule has 2 atom stereocenters. The topological polar surface area (TPSA) is 76.2 Å². The second-order valence-electron chi connectivity index (χ2n) is 8.16. The Labute approximate surface area is 178 Å². The molecule has 2 aliphatic heterocycles. The van der Waals surface area contributed by atoms with Crippen molar-refractivity contribution in [2.45, 2.75) is 56.9 Å². The van der Waals surface area contributed by atoms with E-state index in [1.165, 1.54) is 12.0 Å². The molecule has 0 saturated carbocycles. The van der Waals surface area contributed by atoms with Crippen LogP contribution in [0, 0.1) is 0 Å². The summed E-state index contributed by atoms with van der Waals surface area (Å²) in [5.41, 5.74) is -0.551. The Bertz CT molecular complexity index is 796. The van der Waals surface area contributed by atoms with E-state index in [1.807, 2.05) is 11.0 Å². The number of rotatable bonds is 8. The number of carbonyl (C=O) groups excluding carboxylic acids is 3. The number of benzene rings is 1. The van der Waals surface area contributed by atoms with E-state index in [2.05, 4.69) is 6.92 Å². The Morgan fingerprint density at radius 1 is 1.23 bits per heavy atom. The smallest absolute Gasteiger partial charge is 0.240 e. The number of amides is 3. The van der Waals surface area contributed by atoms with Crippen molar-refractivity contribution in [3.8, 4) is 5.75 Å². The first kappa shape index (κ1) is 22.3. The lowest BCUT2D eigenvalue weighted by Crippen LogP contribution is -2.48. The van der Waals surface area contributed by atoms with Crippen LogP contribution in [0.1, 0.15) is 51.0 Å². The number of piperidine rings is 1. The number of ether oxygens (including phenoxy) is 2. The number of nitrogens with zero attached hydrogens (tertiary/aromatic N) is 2. The Hall–Kier alpha value is -2.41. The summed E-state index contributed by atoms with van der Waals surface area (Å²) in [6.07, 6.45) is 3.95. The summed E-state index contributed by atoms with van der Waals surface area (Å²) in [7, 11) is 3.09. The number of carbonyl (C=O) groups is 3. The number of hydrogen-bond donors (Lipinski definition) is 0. The summed E-state index contributed by atoms with van der Waals surface area (Å²) in [4.78, 5) is 42.9. The third kappa shape index (κ3) is 4.21. The van der Waals surface area contributed by atoms with Gasteiger partial charge in [-0.3, -0.25) is 19.3 Å². The number of likely N-dealkylation sites (tertiary alicyclic amines) is 2. The minimum atomic E-state index is -1.20. The summed E-state index contributed by atoms with van der Waals surface area (Å²) in [5.74, 6) is -0.0481. The SMILES string of the molecule is CC[C@@H]1CCCCN1C(=O)C[C@]1(c2cccc(OC)c2)CC(=O)N(CCOC)C1=O. The van der Waals surface area contributed by atoms with Crippen LogP contribution in [0.15, 0.2) is 24.3 Å². The minimum Gasteiger partial charge on any atom is -0.497 e. The largest absolute Gasteiger partial charge is 0.497 e. The fourth-order valence-electron chi connectivity index (χ4n) is 4.71. The highest BCUT2D eigenvalue weighted by Gasteiger charge is 2.54. The van der Waals surface area contributed by atoms with Crippen LogP contribution in [-0.4, -0.2) is 67.5 Å². The van der Waals surface area contributed by atoms with E-state index < -0.39 is 5.41 Å². The minimum absolute atomic E-state index is 0.00920. The second-order valence-corrected chi connectivity index (χ2v) is 8.16. The van der Waals surface area contributed by atoms with Crippen molar-refractivity contribution in [1.82, 2.24) is 9.80 Å². The molecule has 2 heterocycles. The molecule has 1 aromatic rings. The second kappa shape index (κ2) is 9.60. The molecule has 2 fully saturated rings. The number of methoxy groups -OCH3 is 2. The maximum absolute atomic E-state index is 13.6.